The molecule has 3 heterocycles. The molecule has 0 fully saturated rings. The number of pyridine rings is 1. The molecule has 2 unspecified atom stereocenters. The number of aromatic nitrogens is 1. The van der Waals surface area contributed by atoms with Crippen molar-refractivity contribution >= 4 is 16.9 Å². The quantitative estimate of drug-likeness (QED) is 0.307. The van der Waals surface area contributed by atoms with E-state index in [0.717, 1.165) is 34.2 Å². The maximum absolute atomic E-state index is 13.8. The highest BCUT2D eigenvalue weighted by Crippen LogP contribution is 2.38. The van der Waals surface area contributed by atoms with Crippen molar-refractivity contribution in [3.8, 4) is 5.75 Å². The average Bonchev–Trinajstić information content (AvgIpc) is 3.41. The average molecular weight is 519 g/mol. The summed E-state index contributed by atoms with van der Waals surface area (Å²) in [7, 11) is 1.68. The third-order valence-electron chi connectivity index (χ3n) is 7.67. The Bertz CT molecular complexity index is 1630. The Balaban J connectivity index is 1.29. The second-order valence-corrected chi connectivity index (χ2v) is 10.2. The molecule has 1 aliphatic rings. The first-order chi connectivity index (χ1) is 18.9. The van der Waals surface area contributed by atoms with Gasteiger partial charge in [0.1, 0.15) is 22.7 Å². The van der Waals surface area contributed by atoms with E-state index in [0.29, 0.717) is 23.5 Å². The van der Waals surface area contributed by atoms with Gasteiger partial charge in [0.2, 0.25) is 5.91 Å². The molecule has 0 bridgehead atoms. The highest BCUT2D eigenvalue weighted by atomic mass is 16.5. The summed E-state index contributed by atoms with van der Waals surface area (Å²) in [5, 5.41) is 12.1. The maximum atomic E-state index is 13.8. The van der Waals surface area contributed by atoms with E-state index in [1.807, 2.05) is 53.4 Å². The van der Waals surface area contributed by atoms with Gasteiger partial charge in [0.05, 0.1) is 19.6 Å². The van der Waals surface area contributed by atoms with E-state index < -0.39 is 5.60 Å². The standard InChI is InChI=1S/C33H30N2O4/c1-33(37,26-12-15-34-16-13-26)30-21-25-18-22(8-11-29(25)39-30)19-31(36)35-17-14-24-20-27(38-2)9-10-28(24)32(35)23-6-4-3-5-7-23/h3-13,15-16,18,20-21,32,37H,14,17,19H2,1-2H3. The Morgan fingerprint density at radius 2 is 1.85 bits per heavy atom. The lowest BCUT2D eigenvalue weighted by Gasteiger charge is -2.38. The second-order valence-electron chi connectivity index (χ2n) is 10.2. The summed E-state index contributed by atoms with van der Waals surface area (Å²) in [5.41, 5.74) is 4.39. The van der Waals surface area contributed by atoms with Gasteiger partial charge in [0.25, 0.3) is 0 Å². The molecule has 196 valence electrons. The van der Waals surface area contributed by atoms with Gasteiger partial charge in [-0.25, -0.2) is 0 Å². The van der Waals surface area contributed by atoms with Crippen molar-refractivity contribution in [1.29, 1.82) is 0 Å². The van der Waals surface area contributed by atoms with Crippen LogP contribution in [0.4, 0.5) is 0 Å². The first kappa shape index (κ1) is 24.9. The molecule has 1 amide bonds. The summed E-state index contributed by atoms with van der Waals surface area (Å²) in [6.07, 6.45) is 4.34. The number of amides is 1. The van der Waals surface area contributed by atoms with Crippen molar-refractivity contribution in [1.82, 2.24) is 9.88 Å². The number of hydrogen-bond donors (Lipinski definition) is 1. The molecule has 6 rings (SSSR count). The minimum Gasteiger partial charge on any atom is -0.497 e. The molecule has 1 aliphatic heterocycles. The van der Waals surface area contributed by atoms with Gasteiger partial charge in [-0.3, -0.25) is 9.78 Å². The first-order valence-electron chi connectivity index (χ1n) is 13.1. The fraction of sp³-hybridized carbons (Fsp3) is 0.212. The fourth-order valence-corrected chi connectivity index (χ4v) is 5.53. The molecule has 6 heteroatoms. The van der Waals surface area contributed by atoms with Crippen LogP contribution in [0.3, 0.4) is 0 Å². The molecule has 1 N–H and O–H groups in total. The van der Waals surface area contributed by atoms with Crippen LogP contribution >= 0.6 is 0 Å². The van der Waals surface area contributed by atoms with Crippen molar-refractivity contribution < 1.29 is 19.1 Å². The molecular weight excluding hydrogens is 488 g/mol. The largest absolute Gasteiger partial charge is 0.497 e. The van der Waals surface area contributed by atoms with Gasteiger partial charge >= 0.3 is 0 Å². The predicted octanol–water partition coefficient (Wildman–Crippen LogP) is 5.81. The van der Waals surface area contributed by atoms with Gasteiger partial charge in [0.15, 0.2) is 0 Å². The van der Waals surface area contributed by atoms with Gasteiger partial charge in [0, 0.05) is 24.3 Å². The summed E-state index contributed by atoms with van der Waals surface area (Å²) in [6.45, 7) is 2.34. The summed E-state index contributed by atoms with van der Waals surface area (Å²) in [6, 6.07) is 27.3. The Morgan fingerprint density at radius 3 is 2.62 bits per heavy atom. The molecule has 2 atom stereocenters. The van der Waals surface area contributed by atoms with Gasteiger partial charge in [-0.1, -0.05) is 42.5 Å². The van der Waals surface area contributed by atoms with Crippen LogP contribution in [-0.2, 0) is 23.2 Å². The SMILES string of the molecule is COc1ccc2c(c1)CCN(C(=O)Cc1ccc3oc(C(C)(O)c4ccncc4)cc3c1)C2c1ccccc1. The van der Waals surface area contributed by atoms with E-state index in [9.17, 15) is 9.90 Å². The number of fused-ring (bicyclic) bond motifs is 2. The van der Waals surface area contributed by atoms with Crippen LogP contribution in [0.25, 0.3) is 11.0 Å². The number of aliphatic hydroxyl groups is 1. The molecule has 2 aromatic heterocycles. The molecule has 0 saturated heterocycles. The number of methoxy groups -OCH3 is 1. The van der Waals surface area contributed by atoms with Crippen LogP contribution in [0.15, 0.2) is 102 Å². The molecule has 3 aromatic carbocycles. The van der Waals surface area contributed by atoms with Crippen molar-refractivity contribution in [2.75, 3.05) is 13.7 Å². The maximum Gasteiger partial charge on any atom is 0.227 e. The Kier molecular flexibility index (Phi) is 6.41. The van der Waals surface area contributed by atoms with Gasteiger partial charge in [-0.2, -0.15) is 0 Å². The monoisotopic (exact) mass is 518 g/mol. The zero-order valence-electron chi connectivity index (χ0n) is 22.0. The minimum atomic E-state index is -1.30. The van der Waals surface area contributed by atoms with Crippen LogP contribution in [0, 0.1) is 0 Å². The lowest BCUT2D eigenvalue weighted by molar-refractivity contribution is -0.132. The minimum absolute atomic E-state index is 0.0668. The van der Waals surface area contributed by atoms with Crippen LogP contribution in [0.2, 0.25) is 0 Å². The lowest BCUT2D eigenvalue weighted by Crippen LogP contribution is -2.41. The van der Waals surface area contributed by atoms with Crippen LogP contribution < -0.4 is 4.74 Å². The number of hydrogen-bond acceptors (Lipinski definition) is 5. The van der Waals surface area contributed by atoms with Crippen molar-refractivity contribution in [2.24, 2.45) is 0 Å². The zero-order valence-corrected chi connectivity index (χ0v) is 22.0. The van der Waals surface area contributed by atoms with Crippen molar-refractivity contribution in [2.45, 2.75) is 31.4 Å². The highest BCUT2D eigenvalue weighted by molar-refractivity contribution is 5.84. The number of rotatable bonds is 6. The molecule has 0 saturated carbocycles. The van der Waals surface area contributed by atoms with Gasteiger partial charge in [-0.05, 0) is 83.6 Å². The van der Waals surface area contributed by atoms with Gasteiger partial charge in [-0.15, -0.1) is 0 Å². The van der Waals surface area contributed by atoms with Gasteiger partial charge < -0.3 is 19.2 Å². The summed E-state index contributed by atoms with van der Waals surface area (Å²) < 4.78 is 11.5. The number of carbonyl (C=O) groups excluding carboxylic acids is 1. The topological polar surface area (TPSA) is 75.8 Å². The zero-order chi connectivity index (χ0) is 27.0. The molecular formula is C33H30N2O4. The van der Waals surface area contributed by atoms with Crippen molar-refractivity contribution in [3.05, 3.63) is 131 Å². The Morgan fingerprint density at radius 1 is 1.05 bits per heavy atom. The fourth-order valence-electron chi connectivity index (χ4n) is 5.53. The lowest BCUT2D eigenvalue weighted by atomic mass is 9.87. The smallest absolute Gasteiger partial charge is 0.227 e. The molecule has 0 aliphatic carbocycles. The number of carbonyl (C=O) groups is 1. The van der Waals surface area contributed by atoms with E-state index in [4.69, 9.17) is 9.15 Å². The summed E-state index contributed by atoms with van der Waals surface area (Å²) in [5.74, 6) is 1.34. The second kappa shape index (κ2) is 10.0. The molecule has 0 spiro atoms. The first-order valence-corrected chi connectivity index (χ1v) is 13.1. The van der Waals surface area contributed by atoms with Crippen LogP contribution in [-0.4, -0.2) is 34.6 Å². The van der Waals surface area contributed by atoms with E-state index in [1.165, 1.54) is 5.56 Å². The molecule has 39 heavy (non-hydrogen) atoms. The normalized spacial score (nSPS) is 16.5. The molecule has 6 nitrogen and oxygen atoms in total. The van der Waals surface area contributed by atoms with E-state index in [1.54, 1.807) is 38.6 Å². The van der Waals surface area contributed by atoms with Crippen LogP contribution in [0.5, 0.6) is 5.75 Å². The highest BCUT2D eigenvalue weighted by Gasteiger charge is 2.33. The number of furan rings is 1. The summed E-state index contributed by atoms with van der Waals surface area (Å²) in [4.78, 5) is 19.8. The van der Waals surface area contributed by atoms with E-state index >= 15 is 0 Å². The Labute approximate surface area is 227 Å². The molecule has 0 radical (unpaired) electrons. The van der Waals surface area contributed by atoms with Crippen molar-refractivity contribution in [3.63, 3.8) is 0 Å². The number of benzene rings is 3. The third-order valence-corrected chi connectivity index (χ3v) is 7.67. The summed E-state index contributed by atoms with van der Waals surface area (Å²) >= 11 is 0. The van der Waals surface area contributed by atoms with E-state index in [2.05, 4.69) is 29.2 Å². The van der Waals surface area contributed by atoms with E-state index in [-0.39, 0.29) is 18.4 Å². The molecule has 5 aromatic rings. The third kappa shape index (κ3) is 4.68. The predicted molar refractivity (Wildman–Crippen MR) is 150 cm³/mol. The Hall–Kier alpha value is -4.42. The number of nitrogens with zero attached hydrogens (tertiary/aromatic N) is 2. The number of ether oxygens (including phenoxy) is 1. The van der Waals surface area contributed by atoms with Crippen LogP contribution in [0.1, 0.15) is 46.5 Å².